The number of nitrogens with one attached hydrogen (secondary N) is 1. The van der Waals surface area contributed by atoms with Gasteiger partial charge >= 0.3 is 0 Å². The number of hydrogen-bond acceptors (Lipinski definition) is 2. The van der Waals surface area contributed by atoms with Crippen LogP contribution in [0.25, 0.3) is 0 Å². The molecule has 0 atom stereocenters. The average Bonchev–Trinajstić information content (AvgIpc) is 2.35. The van der Waals surface area contributed by atoms with E-state index in [1.54, 1.807) is 0 Å². The summed E-state index contributed by atoms with van der Waals surface area (Å²) in [6, 6.07) is 6.87. The first-order chi connectivity index (χ1) is 7.85. The number of aryl methyl sites for hydroxylation is 1. The van der Waals surface area contributed by atoms with Crippen LogP contribution in [0, 0.1) is 0 Å². The second-order valence-electron chi connectivity index (χ2n) is 4.45. The Bertz CT molecular complexity index is 347. The summed E-state index contributed by atoms with van der Waals surface area (Å²) >= 11 is 0. The van der Waals surface area contributed by atoms with Crippen molar-refractivity contribution in [1.29, 1.82) is 0 Å². The predicted octanol–water partition coefficient (Wildman–Crippen LogP) is 3.28. The summed E-state index contributed by atoms with van der Waals surface area (Å²) in [5, 5.41) is 3.50. The first kappa shape index (κ1) is 11.3. The topological polar surface area (TPSA) is 15.3 Å². The van der Waals surface area contributed by atoms with Crippen LogP contribution in [0.1, 0.15) is 32.3 Å². The van der Waals surface area contributed by atoms with Crippen LogP contribution in [-0.4, -0.2) is 19.6 Å². The number of nitrogens with zero attached hydrogens (tertiary/aromatic N) is 1. The number of rotatable bonds is 4. The van der Waals surface area contributed by atoms with Gasteiger partial charge in [0, 0.05) is 31.0 Å². The van der Waals surface area contributed by atoms with Crippen molar-refractivity contribution in [3.8, 4) is 0 Å². The fourth-order valence-corrected chi connectivity index (χ4v) is 2.39. The van der Waals surface area contributed by atoms with Crippen LogP contribution >= 0.6 is 0 Å². The molecule has 0 unspecified atom stereocenters. The smallest absolute Gasteiger partial charge is 0.0393 e. The highest BCUT2D eigenvalue weighted by molar-refractivity contribution is 5.63. The molecule has 16 heavy (non-hydrogen) atoms. The highest BCUT2D eigenvalue weighted by atomic mass is 15.1. The Morgan fingerprint density at radius 1 is 1.31 bits per heavy atom. The Kier molecular flexibility index (Phi) is 3.70. The molecular formula is C14H22N2. The van der Waals surface area contributed by atoms with Gasteiger partial charge in [-0.05, 0) is 43.9 Å². The van der Waals surface area contributed by atoms with Gasteiger partial charge in [-0.3, -0.25) is 0 Å². The molecule has 1 aliphatic heterocycles. The van der Waals surface area contributed by atoms with Crippen LogP contribution in [0.4, 0.5) is 11.4 Å². The standard InChI is InChI=1S/C14H22N2/c1-3-10-16(4-2)13-8-7-12-6-5-9-15-14(12)11-13/h7-8,11,15H,3-6,9-10H2,1-2H3. The fraction of sp³-hybridized carbons (Fsp3) is 0.571. The highest BCUT2D eigenvalue weighted by Gasteiger charge is 2.10. The molecule has 88 valence electrons. The third-order valence-electron chi connectivity index (χ3n) is 3.27. The van der Waals surface area contributed by atoms with Gasteiger partial charge in [-0.15, -0.1) is 0 Å². The second-order valence-corrected chi connectivity index (χ2v) is 4.45. The van der Waals surface area contributed by atoms with E-state index in [2.05, 4.69) is 42.3 Å². The lowest BCUT2D eigenvalue weighted by molar-refractivity contribution is 0.788. The van der Waals surface area contributed by atoms with Crippen molar-refractivity contribution in [2.24, 2.45) is 0 Å². The molecule has 0 fully saturated rings. The fourth-order valence-electron chi connectivity index (χ4n) is 2.39. The molecule has 0 saturated heterocycles. The SMILES string of the molecule is CCCN(CC)c1ccc2c(c1)NCCC2. The van der Waals surface area contributed by atoms with Crippen LogP contribution in [0.15, 0.2) is 18.2 Å². The molecule has 1 N–H and O–H groups in total. The maximum Gasteiger partial charge on any atom is 0.0393 e. The van der Waals surface area contributed by atoms with Gasteiger partial charge in [0.05, 0.1) is 0 Å². The molecule has 0 spiro atoms. The summed E-state index contributed by atoms with van der Waals surface area (Å²) in [6.45, 7) is 7.82. The average molecular weight is 218 g/mol. The molecule has 0 saturated carbocycles. The van der Waals surface area contributed by atoms with Crippen molar-refractivity contribution in [2.45, 2.75) is 33.1 Å². The first-order valence-corrected chi connectivity index (χ1v) is 6.47. The van der Waals surface area contributed by atoms with Crippen LogP contribution in [0.3, 0.4) is 0 Å². The number of hydrogen-bond donors (Lipinski definition) is 1. The molecule has 2 heteroatoms. The van der Waals surface area contributed by atoms with E-state index in [0.717, 1.165) is 19.6 Å². The minimum Gasteiger partial charge on any atom is -0.385 e. The molecule has 1 aromatic carbocycles. The minimum atomic E-state index is 1.09. The summed E-state index contributed by atoms with van der Waals surface area (Å²) in [4.78, 5) is 2.44. The number of fused-ring (bicyclic) bond motifs is 1. The zero-order valence-corrected chi connectivity index (χ0v) is 10.4. The van der Waals surface area contributed by atoms with Crippen LogP contribution < -0.4 is 10.2 Å². The summed E-state index contributed by atoms with van der Waals surface area (Å²) in [5.41, 5.74) is 4.18. The van der Waals surface area contributed by atoms with E-state index in [-0.39, 0.29) is 0 Å². The van der Waals surface area contributed by atoms with Crippen molar-refractivity contribution in [1.82, 2.24) is 0 Å². The Hall–Kier alpha value is -1.18. The second kappa shape index (κ2) is 5.24. The number of benzene rings is 1. The quantitative estimate of drug-likeness (QED) is 0.834. The maximum absolute atomic E-state index is 3.50. The van der Waals surface area contributed by atoms with Crippen molar-refractivity contribution in [3.63, 3.8) is 0 Å². The van der Waals surface area contributed by atoms with Gasteiger partial charge in [0.25, 0.3) is 0 Å². The van der Waals surface area contributed by atoms with Crippen molar-refractivity contribution in [3.05, 3.63) is 23.8 Å². The van der Waals surface area contributed by atoms with Gasteiger partial charge < -0.3 is 10.2 Å². The van der Waals surface area contributed by atoms with E-state index in [9.17, 15) is 0 Å². The zero-order valence-electron chi connectivity index (χ0n) is 10.4. The molecule has 2 nitrogen and oxygen atoms in total. The predicted molar refractivity (Wildman–Crippen MR) is 71.4 cm³/mol. The summed E-state index contributed by atoms with van der Waals surface area (Å²) in [5.74, 6) is 0. The summed E-state index contributed by atoms with van der Waals surface area (Å²) < 4.78 is 0. The third kappa shape index (κ3) is 2.31. The largest absolute Gasteiger partial charge is 0.385 e. The Morgan fingerprint density at radius 3 is 2.94 bits per heavy atom. The molecule has 1 heterocycles. The molecule has 0 aromatic heterocycles. The van der Waals surface area contributed by atoms with Crippen LogP contribution in [-0.2, 0) is 6.42 Å². The summed E-state index contributed by atoms with van der Waals surface area (Å²) in [6.07, 6.45) is 3.69. The number of anilines is 2. The molecule has 1 aliphatic rings. The third-order valence-corrected chi connectivity index (χ3v) is 3.27. The molecule has 0 bridgehead atoms. The lowest BCUT2D eigenvalue weighted by Gasteiger charge is -2.25. The first-order valence-electron chi connectivity index (χ1n) is 6.47. The van der Waals surface area contributed by atoms with E-state index < -0.39 is 0 Å². The van der Waals surface area contributed by atoms with E-state index in [0.29, 0.717) is 0 Å². The van der Waals surface area contributed by atoms with E-state index >= 15 is 0 Å². The van der Waals surface area contributed by atoms with Crippen molar-refractivity contribution >= 4 is 11.4 Å². The maximum atomic E-state index is 3.50. The molecular weight excluding hydrogens is 196 g/mol. The highest BCUT2D eigenvalue weighted by Crippen LogP contribution is 2.27. The zero-order chi connectivity index (χ0) is 11.4. The van der Waals surface area contributed by atoms with Gasteiger partial charge in [0.1, 0.15) is 0 Å². The Morgan fingerprint density at radius 2 is 2.19 bits per heavy atom. The van der Waals surface area contributed by atoms with Crippen LogP contribution in [0.2, 0.25) is 0 Å². The van der Waals surface area contributed by atoms with Gasteiger partial charge in [0.15, 0.2) is 0 Å². The lowest BCUT2D eigenvalue weighted by Crippen LogP contribution is -2.24. The normalized spacial score (nSPS) is 14.1. The van der Waals surface area contributed by atoms with Crippen molar-refractivity contribution in [2.75, 3.05) is 29.9 Å². The van der Waals surface area contributed by atoms with E-state index in [4.69, 9.17) is 0 Å². The monoisotopic (exact) mass is 218 g/mol. The minimum absolute atomic E-state index is 1.09. The molecule has 0 radical (unpaired) electrons. The molecule has 0 amide bonds. The Labute approximate surface area is 98.7 Å². The van der Waals surface area contributed by atoms with Crippen LogP contribution in [0.5, 0.6) is 0 Å². The van der Waals surface area contributed by atoms with E-state index in [1.165, 1.54) is 36.2 Å². The van der Waals surface area contributed by atoms with Gasteiger partial charge in [-0.25, -0.2) is 0 Å². The molecule has 2 rings (SSSR count). The van der Waals surface area contributed by atoms with E-state index in [1.807, 2.05) is 0 Å². The Balaban J connectivity index is 2.21. The van der Waals surface area contributed by atoms with Gasteiger partial charge in [0.2, 0.25) is 0 Å². The van der Waals surface area contributed by atoms with Gasteiger partial charge in [-0.2, -0.15) is 0 Å². The molecule has 1 aromatic rings. The summed E-state index contributed by atoms with van der Waals surface area (Å²) in [7, 11) is 0. The van der Waals surface area contributed by atoms with Gasteiger partial charge in [-0.1, -0.05) is 13.0 Å². The van der Waals surface area contributed by atoms with Crippen molar-refractivity contribution < 1.29 is 0 Å². The molecule has 0 aliphatic carbocycles. The lowest BCUT2D eigenvalue weighted by atomic mass is 10.0.